The van der Waals surface area contributed by atoms with Crippen LogP contribution >= 0.6 is 11.8 Å². The molecular formula is C20H22N6O2S. The summed E-state index contributed by atoms with van der Waals surface area (Å²) in [7, 11) is 0. The zero-order valence-electron chi connectivity index (χ0n) is 16.4. The van der Waals surface area contributed by atoms with Crippen LogP contribution in [0, 0.1) is 6.92 Å². The number of hydrogen-bond acceptors (Lipinski definition) is 6. The highest BCUT2D eigenvalue weighted by atomic mass is 32.2. The van der Waals surface area contributed by atoms with Gasteiger partial charge < -0.3 is 5.32 Å². The molecule has 0 saturated heterocycles. The number of benzene rings is 1. The Morgan fingerprint density at radius 2 is 1.86 bits per heavy atom. The Labute approximate surface area is 173 Å². The van der Waals surface area contributed by atoms with E-state index in [4.69, 9.17) is 0 Å². The molecule has 2 heterocycles. The lowest BCUT2D eigenvalue weighted by Crippen LogP contribution is -2.42. The Kier molecular flexibility index (Phi) is 6.61. The molecule has 2 N–H and O–H groups in total. The molecule has 2 aromatic heterocycles. The van der Waals surface area contributed by atoms with Crippen LogP contribution in [0.2, 0.25) is 0 Å². The molecule has 29 heavy (non-hydrogen) atoms. The van der Waals surface area contributed by atoms with Crippen LogP contribution in [0.5, 0.6) is 0 Å². The van der Waals surface area contributed by atoms with Crippen LogP contribution in [-0.2, 0) is 4.79 Å². The van der Waals surface area contributed by atoms with Gasteiger partial charge in [0.2, 0.25) is 5.91 Å². The average Bonchev–Trinajstić information content (AvgIpc) is 3.12. The van der Waals surface area contributed by atoms with Crippen molar-refractivity contribution in [3.63, 3.8) is 0 Å². The fraction of sp³-hybridized carbons (Fsp3) is 0.250. The number of carbonyl (C=O) groups is 2. The Bertz CT molecular complexity index is 1010. The number of para-hydroxylation sites is 1. The monoisotopic (exact) mass is 410 g/mol. The number of urea groups is 1. The summed E-state index contributed by atoms with van der Waals surface area (Å²) in [4.78, 5) is 28.1. The first-order chi connectivity index (χ1) is 14.0. The molecule has 0 aliphatic carbocycles. The molecule has 3 amide bonds. The smallest absolute Gasteiger partial charge is 0.321 e. The summed E-state index contributed by atoms with van der Waals surface area (Å²) in [6, 6.07) is 11.1. The molecule has 1 aromatic carbocycles. The summed E-state index contributed by atoms with van der Waals surface area (Å²) in [6.45, 7) is 5.96. The number of rotatable bonds is 6. The fourth-order valence-electron chi connectivity index (χ4n) is 2.70. The molecule has 0 spiro atoms. The lowest BCUT2D eigenvalue weighted by atomic mass is 10.2. The average molecular weight is 411 g/mol. The summed E-state index contributed by atoms with van der Waals surface area (Å²) >= 11 is 1.24. The third-order valence-corrected chi connectivity index (χ3v) is 5.20. The number of amides is 3. The molecule has 0 aliphatic rings. The molecule has 0 radical (unpaired) electrons. The Morgan fingerprint density at radius 3 is 2.55 bits per heavy atom. The van der Waals surface area contributed by atoms with E-state index in [1.165, 1.54) is 11.8 Å². The van der Waals surface area contributed by atoms with Gasteiger partial charge in [-0.1, -0.05) is 30.0 Å². The van der Waals surface area contributed by atoms with E-state index in [2.05, 4.69) is 25.8 Å². The Morgan fingerprint density at radius 1 is 1.14 bits per heavy atom. The Hall–Kier alpha value is -3.20. The first-order valence-corrected chi connectivity index (χ1v) is 10.1. The number of thioether (sulfide) groups is 1. The lowest BCUT2D eigenvalue weighted by Gasteiger charge is -2.15. The van der Waals surface area contributed by atoms with Gasteiger partial charge in [-0.15, -0.1) is 10.2 Å². The quantitative estimate of drug-likeness (QED) is 0.606. The van der Waals surface area contributed by atoms with E-state index in [-0.39, 0.29) is 0 Å². The van der Waals surface area contributed by atoms with Gasteiger partial charge in [0.25, 0.3) is 0 Å². The number of nitrogens with zero attached hydrogens (tertiary/aromatic N) is 4. The topological polar surface area (TPSA) is 102 Å². The highest BCUT2D eigenvalue weighted by Crippen LogP contribution is 2.31. The van der Waals surface area contributed by atoms with Crippen molar-refractivity contribution < 1.29 is 9.59 Å². The van der Waals surface area contributed by atoms with Crippen LogP contribution in [0.15, 0.2) is 53.9 Å². The number of hydrogen-bond donors (Lipinski definition) is 2. The number of aryl methyl sites for hydroxylation is 1. The van der Waals surface area contributed by atoms with Crippen LogP contribution in [0.1, 0.15) is 19.4 Å². The molecular weight excluding hydrogens is 388 g/mol. The molecule has 8 nitrogen and oxygen atoms in total. The first kappa shape index (κ1) is 20.5. The molecule has 0 bridgehead atoms. The predicted molar refractivity (Wildman–Crippen MR) is 112 cm³/mol. The van der Waals surface area contributed by atoms with Crippen LogP contribution in [-0.4, -0.2) is 43.5 Å². The van der Waals surface area contributed by atoms with Crippen LogP contribution in [0.3, 0.4) is 0 Å². The minimum absolute atomic E-state index is 0.397. The second kappa shape index (κ2) is 9.33. The van der Waals surface area contributed by atoms with E-state index in [9.17, 15) is 9.59 Å². The van der Waals surface area contributed by atoms with E-state index >= 15 is 0 Å². The van der Waals surface area contributed by atoms with E-state index in [0.29, 0.717) is 17.5 Å². The van der Waals surface area contributed by atoms with Gasteiger partial charge in [-0.25, -0.2) is 4.79 Å². The fourth-order valence-corrected chi connectivity index (χ4v) is 3.56. The van der Waals surface area contributed by atoms with Gasteiger partial charge in [0, 0.05) is 24.5 Å². The SMILES string of the molecule is CCNC(=O)NC(=O)C(C)Sc1nnc(-c2ccncc2)n1-c1ccccc1C. The zero-order chi connectivity index (χ0) is 20.8. The largest absolute Gasteiger partial charge is 0.338 e. The minimum atomic E-state index is -0.546. The summed E-state index contributed by atoms with van der Waals surface area (Å²) in [5.74, 6) is 0.256. The van der Waals surface area contributed by atoms with Gasteiger partial charge in [-0.05, 0) is 44.5 Å². The van der Waals surface area contributed by atoms with E-state index < -0.39 is 17.2 Å². The number of carbonyl (C=O) groups excluding carboxylic acids is 2. The summed E-state index contributed by atoms with van der Waals surface area (Å²) in [6.07, 6.45) is 3.39. The molecule has 0 aliphatic heterocycles. The number of aromatic nitrogens is 4. The van der Waals surface area contributed by atoms with Crippen molar-refractivity contribution in [2.75, 3.05) is 6.54 Å². The highest BCUT2D eigenvalue weighted by molar-refractivity contribution is 8.00. The van der Waals surface area contributed by atoms with Gasteiger partial charge in [-0.3, -0.25) is 19.7 Å². The van der Waals surface area contributed by atoms with Crippen molar-refractivity contribution in [3.05, 3.63) is 54.4 Å². The van der Waals surface area contributed by atoms with Gasteiger partial charge in [-0.2, -0.15) is 0 Å². The van der Waals surface area contributed by atoms with Crippen molar-refractivity contribution >= 4 is 23.7 Å². The summed E-state index contributed by atoms with van der Waals surface area (Å²) < 4.78 is 1.92. The third-order valence-electron chi connectivity index (χ3n) is 4.15. The van der Waals surface area contributed by atoms with Crippen LogP contribution in [0.4, 0.5) is 4.79 Å². The predicted octanol–water partition coefficient (Wildman–Crippen LogP) is 2.96. The summed E-state index contributed by atoms with van der Waals surface area (Å²) in [5.41, 5.74) is 2.83. The molecule has 1 unspecified atom stereocenters. The number of pyridine rings is 1. The Balaban J connectivity index is 1.95. The number of nitrogens with one attached hydrogen (secondary N) is 2. The highest BCUT2D eigenvalue weighted by Gasteiger charge is 2.23. The van der Waals surface area contributed by atoms with E-state index in [1.807, 2.05) is 47.9 Å². The van der Waals surface area contributed by atoms with E-state index in [0.717, 1.165) is 16.8 Å². The molecule has 0 saturated carbocycles. The maximum absolute atomic E-state index is 12.4. The van der Waals surface area contributed by atoms with Crippen molar-refractivity contribution in [3.8, 4) is 17.1 Å². The molecule has 1 atom stereocenters. The lowest BCUT2D eigenvalue weighted by molar-refractivity contribution is -0.119. The zero-order valence-corrected chi connectivity index (χ0v) is 17.2. The van der Waals surface area contributed by atoms with Crippen molar-refractivity contribution in [2.24, 2.45) is 0 Å². The van der Waals surface area contributed by atoms with Gasteiger partial charge in [0.05, 0.1) is 10.9 Å². The second-order valence-electron chi connectivity index (χ2n) is 6.27. The second-order valence-corrected chi connectivity index (χ2v) is 7.58. The normalized spacial score (nSPS) is 11.7. The van der Waals surface area contributed by atoms with E-state index in [1.54, 1.807) is 26.2 Å². The maximum atomic E-state index is 12.4. The standard InChI is InChI=1S/C20H22N6O2S/c1-4-22-19(28)23-18(27)14(3)29-20-25-24-17(15-9-11-21-12-10-15)26(20)16-8-6-5-7-13(16)2/h5-12,14H,4H2,1-3H3,(H2,22,23,27,28). The molecule has 3 rings (SSSR count). The van der Waals surface area contributed by atoms with Gasteiger partial charge >= 0.3 is 6.03 Å². The molecule has 3 aromatic rings. The van der Waals surface area contributed by atoms with Crippen molar-refractivity contribution in [1.29, 1.82) is 0 Å². The molecule has 0 fully saturated rings. The molecule has 150 valence electrons. The maximum Gasteiger partial charge on any atom is 0.321 e. The minimum Gasteiger partial charge on any atom is -0.338 e. The third kappa shape index (κ3) is 4.80. The number of imide groups is 1. The van der Waals surface area contributed by atoms with Gasteiger partial charge in [0.1, 0.15) is 0 Å². The summed E-state index contributed by atoms with van der Waals surface area (Å²) in [5, 5.41) is 13.6. The van der Waals surface area contributed by atoms with Crippen molar-refractivity contribution in [1.82, 2.24) is 30.4 Å². The van der Waals surface area contributed by atoms with Crippen molar-refractivity contribution in [2.45, 2.75) is 31.2 Å². The molecule has 9 heteroatoms. The van der Waals surface area contributed by atoms with Crippen LogP contribution < -0.4 is 10.6 Å². The first-order valence-electron chi connectivity index (χ1n) is 9.18. The van der Waals surface area contributed by atoms with Gasteiger partial charge in [0.15, 0.2) is 11.0 Å². The van der Waals surface area contributed by atoms with Crippen LogP contribution in [0.25, 0.3) is 17.1 Å².